The predicted octanol–water partition coefficient (Wildman–Crippen LogP) is 1.76. The number of terminal acetylenes is 1. The molecule has 0 radical (unpaired) electrons. The third-order valence-electron chi connectivity index (χ3n) is 1.04. The number of carbonyl (C=O) groups excluding carboxylic acids is 1. The molecule has 0 saturated carbocycles. The molecule has 1 amide bonds. The Morgan fingerprint density at radius 1 is 1.57 bits per heavy atom. The molecule has 0 aliphatic carbocycles. The van der Waals surface area contributed by atoms with E-state index in [9.17, 15) is 4.79 Å². The standard InChI is InChI=1S/C9H12N2O.C2H6/c1-4-6-10-7-9(5-2)11-8(3)12;1-2/h1,5,7H,6H2,2-3H3,(H,11,12);1-2H3/b9-5+,10-7?;. The minimum absolute atomic E-state index is 0.116. The summed E-state index contributed by atoms with van der Waals surface area (Å²) in [5, 5.41) is 2.59. The van der Waals surface area contributed by atoms with Gasteiger partial charge in [-0.05, 0) is 6.92 Å². The average molecular weight is 194 g/mol. The second-order valence-corrected chi connectivity index (χ2v) is 2.10. The molecule has 1 N–H and O–H groups in total. The molecule has 0 aromatic heterocycles. The SMILES string of the molecule is C#CCN=C/C(=C\C)NC(C)=O.CC. The third-order valence-corrected chi connectivity index (χ3v) is 1.04. The van der Waals surface area contributed by atoms with Gasteiger partial charge >= 0.3 is 0 Å². The Balaban J connectivity index is 0. The molecule has 0 aliphatic rings. The number of amides is 1. The van der Waals surface area contributed by atoms with Gasteiger partial charge in [-0.1, -0.05) is 25.8 Å². The average Bonchev–Trinajstić information content (AvgIpc) is 2.19. The summed E-state index contributed by atoms with van der Waals surface area (Å²) >= 11 is 0. The minimum Gasteiger partial charge on any atom is -0.325 e. The molecule has 14 heavy (non-hydrogen) atoms. The van der Waals surface area contributed by atoms with Crippen molar-refractivity contribution in [3.05, 3.63) is 11.8 Å². The molecule has 0 heterocycles. The molecule has 0 atom stereocenters. The fraction of sp³-hybridized carbons (Fsp3) is 0.455. The zero-order valence-corrected chi connectivity index (χ0v) is 9.29. The van der Waals surface area contributed by atoms with E-state index >= 15 is 0 Å². The monoisotopic (exact) mass is 194 g/mol. The van der Waals surface area contributed by atoms with Gasteiger partial charge in [0.05, 0.1) is 12.2 Å². The molecule has 0 aliphatic heterocycles. The molecule has 0 spiro atoms. The van der Waals surface area contributed by atoms with Gasteiger partial charge in [-0.25, -0.2) is 0 Å². The van der Waals surface area contributed by atoms with Gasteiger partial charge in [0.1, 0.15) is 0 Å². The van der Waals surface area contributed by atoms with Crippen LogP contribution in [0.1, 0.15) is 27.7 Å². The van der Waals surface area contributed by atoms with Crippen LogP contribution in [0, 0.1) is 12.3 Å². The van der Waals surface area contributed by atoms with Crippen molar-refractivity contribution in [3.8, 4) is 12.3 Å². The predicted molar refractivity (Wildman–Crippen MR) is 61.1 cm³/mol. The van der Waals surface area contributed by atoms with Crippen molar-refractivity contribution in [3.63, 3.8) is 0 Å². The minimum atomic E-state index is -0.116. The van der Waals surface area contributed by atoms with E-state index in [-0.39, 0.29) is 5.91 Å². The van der Waals surface area contributed by atoms with Crippen molar-refractivity contribution >= 4 is 12.1 Å². The van der Waals surface area contributed by atoms with Crippen molar-refractivity contribution in [2.24, 2.45) is 4.99 Å². The second kappa shape index (κ2) is 11.4. The molecule has 3 nitrogen and oxygen atoms in total. The largest absolute Gasteiger partial charge is 0.325 e. The maximum absolute atomic E-state index is 10.6. The van der Waals surface area contributed by atoms with Crippen molar-refractivity contribution in [2.75, 3.05) is 6.54 Å². The zero-order chi connectivity index (χ0) is 11.4. The Hall–Kier alpha value is -1.56. The second-order valence-electron chi connectivity index (χ2n) is 2.10. The number of hydrogen-bond donors (Lipinski definition) is 1. The van der Waals surface area contributed by atoms with E-state index in [2.05, 4.69) is 16.2 Å². The quantitative estimate of drug-likeness (QED) is 0.540. The normalized spacial score (nSPS) is 10.1. The third kappa shape index (κ3) is 10.4. The Morgan fingerprint density at radius 3 is 2.50 bits per heavy atom. The van der Waals surface area contributed by atoms with E-state index in [0.717, 1.165) is 0 Å². The Labute approximate surface area is 86.3 Å². The molecule has 0 aromatic rings. The first kappa shape index (κ1) is 14.9. The Kier molecular flexibility index (Phi) is 12.2. The van der Waals surface area contributed by atoms with Crippen LogP contribution in [-0.4, -0.2) is 18.7 Å². The van der Waals surface area contributed by atoms with E-state index in [1.807, 2.05) is 20.8 Å². The molecule has 0 saturated heterocycles. The highest BCUT2D eigenvalue weighted by Gasteiger charge is 1.92. The topological polar surface area (TPSA) is 41.5 Å². The van der Waals surface area contributed by atoms with Gasteiger partial charge < -0.3 is 5.32 Å². The van der Waals surface area contributed by atoms with Crippen LogP contribution in [0.5, 0.6) is 0 Å². The summed E-state index contributed by atoms with van der Waals surface area (Å²) < 4.78 is 0. The molecular formula is C11H18N2O. The highest BCUT2D eigenvalue weighted by Crippen LogP contribution is 1.83. The lowest BCUT2D eigenvalue weighted by molar-refractivity contribution is -0.118. The van der Waals surface area contributed by atoms with E-state index in [4.69, 9.17) is 6.42 Å². The van der Waals surface area contributed by atoms with E-state index < -0.39 is 0 Å². The number of nitrogens with one attached hydrogen (secondary N) is 1. The van der Waals surface area contributed by atoms with Crippen molar-refractivity contribution in [1.29, 1.82) is 0 Å². The van der Waals surface area contributed by atoms with Crippen LogP contribution in [0.2, 0.25) is 0 Å². The summed E-state index contributed by atoms with van der Waals surface area (Å²) in [6.07, 6.45) is 8.28. The lowest BCUT2D eigenvalue weighted by atomic mass is 10.4. The molecule has 0 fully saturated rings. The van der Waals surface area contributed by atoms with Gasteiger partial charge in [0.15, 0.2) is 0 Å². The zero-order valence-electron chi connectivity index (χ0n) is 9.29. The van der Waals surface area contributed by atoms with Crippen molar-refractivity contribution in [2.45, 2.75) is 27.7 Å². The highest BCUT2D eigenvalue weighted by molar-refractivity contribution is 5.86. The molecular weight excluding hydrogens is 176 g/mol. The number of allylic oxidation sites excluding steroid dienone is 2. The first-order chi connectivity index (χ1) is 6.70. The molecule has 3 heteroatoms. The molecule has 78 valence electrons. The lowest BCUT2D eigenvalue weighted by Gasteiger charge is -1.99. The summed E-state index contributed by atoms with van der Waals surface area (Å²) in [5.41, 5.74) is 0.665. The van der Waals surface area contributed by atoms with E-state index in [1.54, 1.807) is 12.3 Å². The fourth-order valence-corrected chi connectivity index (χ4v) is 0.579. The molecule has 0 rings (SSSR count). The first-order valence-electron chi connectivity index (χ1n) is 4.58. The van der Waals surface area contributed by atoms with Gasteiger partial charge in [0, 0.05) is 13.1 Å². The van der Waals surface area contributed by atoms with Gasteiger partial charge in [0.2, 0.25) is 5.91 Å². The summed E-state index contributed by atoms with van der Waals surface area (Å²) in [4.78, 5) is 14.5. The van der Waals surface area contributed by atoms with Crippen LogP contribution in [0.4, 0.5) is 0 Å². The maximum atomic E-state index is 10.6. The van der Waals surface area contributed by atoms with Crippen LogP contribution in [0.3, 0.4) is 0 Å². The van der Waals surface area contributed by atoms with Crippen molar-refractivity contribution < 1.29 is 4.79 Å². The van der Waals surface area contributed by atoms with Crippen molar-refractivity contribution in [1.82, 2.24) is 5.32 Å². The fourth-order valence-electron chi connectivity index (χ4n) is 0.579. The number of rotatable bonds is 3. The smallest absolute Gasteiger partial charge is 0.221 e. The summed E-state index contributed by atoms with van der Waals surface area (Å²) in [5.74, 6) is 2.25. The van der Waals surface area contributed by atoms with Crippen LogP contribution in [0.25, 0.3) is 0 Å². The number of nitrogens with zero attached hydrogens (tertiary/aromatic N) is 1. The summed E-state index contributed by atoms with van der Waals surface area (Å²) in [6.45, 7) is 7.59. The van der Waals surface area contributed by atoms with E-state index in [1.165, 1.54) is 6.92 Å². The van der Waals surface area contributed by atoms with Gasteiger partial charge in [-0.3, -0.25) is 9.79 Å². The summed E-state index contributed by atoms with van der Waals surface area (Å²) in [7, 11) is 0. The Bertz CT molecular complexity index is 247. The first-order valence-corrected chi connectivity index (χ1v) is 4.58. The van der Waals surface area contributed by atoms with E-state index in [0.29, 0.717) is 12.2 Å². The molecule has 0 bridgehead atoms. The number of carbonyl (C=O) groups is 1. The number of hydrogen-bond acceptors (Lipinski definition) is 2. The maximum Gasteiger partial charge on any atom is 0.221 e. The highest BCUT2D eigenvalue weighted by atomic mass is 16.1. The van der Waals surface area contributed by atoms with Crippen LogP contribution < -0.4 is 5.32 Å². The lowest BCUT2D eigenvalue weighted by Crippen LogP contribution is -2.19. The van der Waals surface area contributed by atoms with Gasteiger partial charge in [-0.2, -0.15) is 0 Å². The van der Waals surface area contributed by atoms with Crippen LogP contribution >= 0.6 is 0 Å². The molecule has 0 unspecified atom stereocenters. The molecule has 0 aromatic carbocycles. The summed E-state index contributed by atoms with van der Waals surface area (Å²) in [6, 6.07) is 0. The Morgan fingerprint density at radius 2 is 2.14 bits per heavy atom. The number of aliphatic imine (C=N–C) groups is 1. The van der Waals surface area contributed by atoms with Crippen LogP contribution in [0.15, 0.2) is 16.8 Å². The van der Waals surface area contributed by atoms with Crippen LogP contribution in [-0.2, 0) is 4.79 Å². The van der Waals surface area contributed by atoms with Gasteiger partial charge in [0.25, 0.3) is 0 Å². The van der Waals surface area contributed by atoms with Gasteiger partial charge in [-0.15, -0.1) is 6.42 Å².